The topological polar surface area (TPSA) is 35.5 Å². The van der Waals surface area contributed by atoms with Crippen molar-refractivity contribution in [2.24, 2.45) is 0 Å². The molecule has 1 aromatic carbocycles. The number of para-hydroxylation sites is 2. The van der Waals surface area contributed by atoms with E-state index in [0.29, 0.717) is 17.8 Å². The maximum absolute atomic E-state index is 10.2. The lowest BCUT2D eigenvalue weighted by Gasteiger charge is -2.07. The van der Waals surface area contributed by atoms with Gasteiger partial charge in [0.1, 0.15) is 0 Å². The molecule has 1 rings (SSSR count). The van der Waals surface area contributed by atoms with E-state index in [1.54, 1.807) is 18.2 Å². The van der Waals surface area contributed by atoms with Crippen molar-refractivity contribution in [1.82, 2.24) is 0 Å². The number of rotatable bonds is 4. The Bertz CT molecular complexity index is 318. The van der Waals surface area contributed by atoms with Gasteiger partial charge in [-0.3, -0.25) is 4.79 Å². The van der Waals surface area contributed by atoms with E-state index in [0.717, 1.165) is 0 Å². The quantitative estimate of drug-likeness (QED) is 0.306. The number of allylic oxidation sites excluding steroid dienone is 1. The second kappa shape index (κ2) is 4.30. The molecule has 0 bridgehead atoms. The summed E-state index contributed by atoms with van der Waals surface area (Å²) in [4.78, 5) is 10.2. The SMILES string of the molecule is COc1ccccc1O[13C](=[13CH2])C=O. The molecule has 13 heavy (non-hydrogen) atoms. The highest BCUT2D eigenvalue weighted by Gasteiger charge is 2.03. The average Bonchev–Trinajstić information content (AvgIpc) is 2.18. The maximum atomic E-state index is 10.2. The van der Waals surface area contributed by atoms with Gasteiger partial charge >= 0.3 is 0 Å². The monoisotopic (exact) mass is 180 g/mol. The predicted molar refractivity (Wildman–Crippen MR) is 48.8 cm³/mol. The van der Waals surface area contributed by atoms with Crippen LogP contribution in [0.5, 0.6) is 11.5 Å². The molecular weight excluding hydrogens is 170 g/mol. The minimum Gasteiger partial charge on any atom is -0.493 e. The molecule has 0 saturated heterocycles. The van der Waals surface area contributed by atoms with Crippen molar-refractivity contribution in [3.8, 4) is 11.5 Å². The fourth-order valence-corrected chi connectivity index (χ4v) is 0.868. The molecule has 0 atom stereocenters. The van der Waals surface area contributed by atoms with Crippen LogP contribution in [0.2, 0.25) is 0 Å². The number of methoxy groups -OCH3 is 1. The molecule has 0 fully saturated rings. The van der Waals surface area contributed by atoms with Crippen molar-refractivity contribution in [3.05, 3.63) is 36.6 Å². The van der Waals surface area contributed by atoms with Crippen molar-refractivity contribution in [1.29, 1.82) is 0 Å². The first-order chi connectivity index (χ1) is 6.27. The van der Waals surface area contributed by atoms with Crippen molar-refractivity contribution in [2.45, 2.75) is 0 Å². The highest BCUT2D eigenvalue weighted by atomic mass is 16.6. The van der Waals surface area contributed by atoms with Gasteiger partial charge in [-0.05, 0) is 12.1 Å². The van der Waals surface area contributed by atoms with Gasteiger partial charge in [0.25, 0.3) is 0 Å². The summed E-state index contributed by atoms with van der Waals surface area (Å²) < 4.78 is 10.1. The zero-order chi connectivity index (χ0) is 9.68. The Morgan fingerprint density at radius 1 is 1.38 bits per heavy atom. The van der Waals surface area contributed by atoms with Crippen molar-refractivity contribution in [3.63, 3.8) is 0 Å². The van der Waals surface area contributed by atoms with Crippen LogP contribution >= 0.6 is 0 Å². The number of carbonyl (C=O) groups is 1. The fraction of sp³-hybridized carbons (Fsp3) is 0.100. The first-order valence-corrected chi connectivity index (χ1v) is 3.73. The molecule has 3 heteroatoms. The van der Waals surface area contributed by atoms with E-state index in [4.69, 9.17) is 9.47 Å². The number of carbonyl (C=O) groups excluding carboxylic acids is 1. The Morgan fingerprint density at radius 2 is 2.00 bits per heavy atom. The van der Waals surface area contributed by atoms with E-state index >= 15 is 0 Å². The smallest absolute Gasteiger partial charge is 0.184 e. The van der Waals surface area contributed by atoms with E-state index in [1.807, 2.05) is 6.07 Å². The summed E-state index contributed by atoms with van der Waals surface area (Å²) in [5.74, 6) is 1.12. The molecule has 0 spiro atoms. The average molecular weight is 180 g/mol. The van der Waals surface area contributed by atoms with Gasteiger partial charge in [0.05, 0.1) is 7.11 Å². The Kier molecular flexibility index (Phi) is 3.09. The third-order valence-electron chi connectivity index (χ3n) is 1.44. The van der Waals surface area contributed by atoms with Crippen LogP contribution in [-0.4, -0.2) is 13.4 Å². The summed E-state index contributed by atoms with van der Waals surface area (Å²) in [7, 11) is 1.53. The van der Waals surface area contributed by atoms with Crippen LogP contribution in [-0.2, 0) is 4.79 Å². The Balaban J connectivity index is 2.86. The van der Waals surface area contributed by atoms with Crippen LogP contribution in [0, 0.1) is 0 Å². The van der Waals surface area contributed by atoms with E-state index in [-0.39, 0.29) is 5.76 Å². The zero-order valence-electron chi connectivity index (χ0n) is 7.32. The van der Waals surface area contributed by atoms with Gasteiger partial charge in [-0.25, -0.2) is 0 Å². The fourth-order valence-electron chi connectivity index (χ4n) is 0.868. The van der Waals surface area contributed by atoms with Crippen molar-refractivity contribution < 1.29 is 14.3 Å². The van der Waals surface area contributed by atoms with Crippen molar-refractivity contribution >= 4 is 6.29 Å². The van der Waals surface area contributed by atoms with Gasteiger partial charge < -0.3 is 9.47 Å². The summed E-state index contributed by atoms with van der Waals surface area (Å²) in [5, 5.41) is 0. The molecule has 0 N–H and O–H groups in total. The zero-order valence-corrected chi connectivity index (χ0v) is 7.32. The number of benzene rings is 1. The molecule has 0 aliphatic carbocycles. The molecule has 0 aromatic heterocycles. The highest BCUT2D eigenvalue weighted by Crippen LogP contribution is 2.26. The summed E-state index contributed by atoms with van der Waals surface area (Å²) in [6.07, 6.45) is 0.548. The molecule has 0 amide bonds. The molecule has 1 aromatic rings. The minimum absolute atomic E-state index is 0.0597. The maximum Gasteiger partial charge on any atom is 0.184 e. The van der Waals surface area contributed by atoms with E-state index in [1.165, 1.54) is 7.11 Å². The Morgan fingerprint density at radius 3 is 2.54 bits per heavy atom. The van der Waals surface area contributed by atoms with Crippen molar-refractivity contribution in [2.75, 3.05) is 7.11 Å². The van der Waals surface area contributed by atoms with Gasteiger partial charge in [-0.15, -0.1) is 0 Å². The second-order valence-corrected chi connectivity index (χ2v) is 2.34. The van der Waals surface area contributed by atoms with Gasteiger partial charge in [0.2, 0.25) is 0 Å². The lowest BCUT2D eigenvalue weighted by Crippen LogP contribution is -1.96. The molecule has 68 valence electrons. The highest BCUT2D eigenvalue weighted by molar-refractivity contribution is 5.70. The molecule has 3 nitrogen and oxygen atoms in total. The van der Waals surface area contributed by atoms with Gasteiger partial charge in [-0.1, -0.05) is 18.7 Å². The third-order valence-corrected chi connectivity index (χ3v) is 1.44. The van der Waals surface area contributed by atoms with E-state index in [9.17, 15) is 4.79 Å². The Hall–Kier alpha value is -1.77. The van der Waals surface area contributed by atoms with Crippen LogP contribution in [0.25, 0.3) is 0 Å². The summed E-state index contributed by atoms with van der Waals surface area (Å²) in [5.41, 5.74) is 0. The molecular formula is C10H10O3. The van der Waals surface area contributed by atoms with E-state index < -0.39 is 0 Å². The first-order valence-electron chi connectivity index (χ1n) is 3.73. The Labute approximate surface area is 76.6 Å². The normalized spacial score (nSPS) is 9.00. The van der Waals surface area contributed by atoms with E-state index in [2.05, 4.69) is 6.58 Å². The molecule has 0 aliphatic heterocycles. The number of ether oxygens (including phenoxy) is 2. The van der Waals surface area contributed by atoms with Crippen LogP contribution in [0.1, 0.15) is 0 Å². The van der Waals surface area contributed by atoms with Crippen LogP contribution in [0.3, 0.4) is 0 Å². The van der Waals surface area contributed by atoms with Gasteiger partial charge in [-0.2, -0.15) is 0 Å². The van der Waals surface area contributed by atoms with Crippen LogP contribution < -0.4 is 9.47 Å². The molecule has 0 aliphatic rings. The predicted octanol–water partition coefficient (Wildman–Crippen LogP) is 1.79. The molecule has 0 saturated carbocycles. The second-order valence-electron chi connectivity index (χ2n) is 2.34. The molecule has 0 unspecified atom stereocenters. The number of aldehydes is 1. The van der Waals surface area contributed by atoms with Gasteiger partial charge in [0.15, 0.2) is 23.5 Å². The standard InChI is InChI=1S/C10H10O3/c1-8(7-11)13-10-6-4-3-5-9(10)12-2/h3-7H,1H2,2H3/i1+1,8+1. The molecule has 0 heterocycles. The van der Waals surface area contributed by atoms with Crippen LogP contribution in [0.4, 0.5) is 0 Å². The first kappa shape index (κ1) is 9.32. The minimum atomic E-state index is 0.0597. The number of hydrogen-bond acceptors (Lipinski definition) is 3. The number of hydrogen-bond donors (Lipinski definition) is 0. The third kappa shape index (κ3) is 2.33. The lowest BCUT2D eigenvalue weighted by atomic mass is 10.3. The van der Waals surface area contributed by atoms with Crippen LogP contribution in [0.15, 0.2) is 36.6 Å². The van der Waals surface area contributed by atoms with Gasteiger partial charge in [0, 0.05) is 0 Å². The molecule has 0 radical (unpaired) electrons. The largest absolute Gasteiger partial charge is 0.493 e. The summed E-state index contributed by atoms with van der Waals surface area (Å²) >= 11 is 0. The summed E-state index contributed by atoms with van der Waals surface area (Å²) in [6, 6.07) is 7.05. The lowest BCUT2D eigenvalue weighted by molar-refractivity contribution is -0.106. The summed E-state index contributed by atoms with van der Waals surface area (Å²) in [6.45, 7) is 3.40.